The van der Waals surface area contributed by atoms with Crippen LogP contribution in [0.15, 0.2) is 48.8 Å². The SMILES string of the molecule is O=C(/C=C\c1ccccc1)Nc1cnn(CCN2CCOCC2)c1. The predicted molar refractivity (Wildman–Crippen MR) is 93.6 cm³/mol. The van der Waals surface area contributed by atoms with Crippen LogP contribution in [0.4, 0.5) is 5.69 Å². The molecule has 0 unspecified atom stereocenters. The van der Waals surface area contributed by atoms with Gasteiger partial charge in [-0.25, -0.2) is 0 Å². The molecular weight excluding hydrogens is 304 g/mol. The number of carbonyl (C=O) groups excluding carboxylic acids is 1. The number of amides is 1. The van der Waals surface area contributed by atoms with Gasteiger partial charge in [0.25, 0.3) is 0 Å². The Hall–Kier alpha value is -2.44. The summed E-state index contributed by atoms with van der Waals surface area (Å²) in [4.78, 5) is 14.3. The van der Waals surface area contributed by atoms with Crippen molar-refractivity contribution in [3.05, 3.63) is 54.4 Å². The maximum atomic E-state index is 11.9. The highest BCUT2D eigenvalue weighted by Gasteiger charge is 2.10. The van der Waals surface area contributed by atoms with E-state index in [9.17, 15) is 4.79 Å². The first-order valence-corrected chi connectivity index (χ1v) is 8.16. The van der Waals surface area contributed by atoms with Crippen LogP contribution in [0.2, 0.25) is 0 Å². The van der Waals surface area contributed by atoms with Gasteiger partial charge in [-0.2, -0.15) is 5.10 Å². The second-order valence-electron chi connectivity index (χ2n) is 5.68. The number of nitrogens with one attached hydrogen (secondary N) is 1. The second-order valence-corrected chi connectivity index (χ2v) is 5.68. The van der Waals surface area contributed by atoms with Crippen LogP contribution in [0.3, 0.4) is 0 Å². The van der Waals surface area contributed by atoms with Gasteiger partial charge in [-0.3, -0.25) is 14.4 Å². The number of hydrogen-bond acceptors (Lipinski definition) is 4. The monoisotopic (exact) mass is 326 g/mol. The number of anilines is 1. The van der Waals surface area contributed by atoms with Crippen LogP contribution in [0.1, 0.15) is 5.56 Å². The first-order chi connectivity index (χ1) is 11.8. The van der Waals surface area contributed by atoms with Crippen LogP contribution in [0.25, 0.3) is 6.08 Å². The van der Waals surface area contributed by atoms with Crippen molar-refractivity contribution >= 4 is 17.7 Å². The summed E-state index contributed by atoms with van der Waals surface area (Å²) in [6.07, 6.45) is 6.85. The molecule has 3 rings (SSSR count). The maximum absolute atomic E-state index is 11.9. The Morgan fingerprint density at radius 3 is 2.79 bits per heavy atom. The molecule has 1 N–H and O–H groups in total. The zero-order chi connectivity index (χ0) is 16.6. The van der Waals surface area contributed by atoms with E-state index in [2.05, 4.69) is 15.3 Å². The quantitative estimate of drug-likeness (QED) is 0.823. The van der Waals surface area contributed by atoms with Crippen LogP contribution in [0, 0.1) is 0 Å². The molecular formula is C18H22N4O2. The molecule has 126 valence electrons. The number of nitrogens with zero attached hydrogens (tertiary/aromatic N) is 3. The van der Waals surface area contributed by atoms with Crippen LogP contribution in [0.5, 0.6) is 0 Å². The summed E-state index contributed by atoms with van der Waals surface area (Å²) in [5, 5.41) is 7.12. The molecule has 1 saturated heterocycles. The molecule has 1 aromatic heterocycles. The van der Waals surface area contributed by atoms with E-state index in [0.717, 1.165) is 45.0 Å². The maximum Gasteiger partial charge on any atom is 0.248 e. The first-order valence-electron chi connectivity index (χ1n) is 8.16. The molecule has 6 heteroatoms. The minimum atomic E-state index is -0.161. The lowest BCUT2D eigenvalue weighted by atomic mass is 10.2. The van der Waals surface area contributed by atoms with Crippen LogP contribution in [-0.2, 0) is 16.1 Å². The van der Waals surface area contributed by atoms with Crippen molar-refractivity contribution < 1.29 is 9.53 Å². The highest BCUT2D eigenvalue weighted by Crippen LogP contribution is 2.07. The molecule has 0 atom stereocenters. The summed E-state index contributed by atoms with van der Waals surface area (Å²) in [6.45, 7) is 5.27. The van der Waals surface area contributed by atoms with E-state index in [-0.39, 0.29) is 5.91 Å². The molecule has 0 radical (unpaired) electrons. The van der Waals surface area contributed by atoms with Crippen LogP contribution >= 0.6 is 0 Å². The van der Waals surface area contributed by atoms with E-state index in [1.54, 1.807) is 12.3 Å². The highest BCUT2D eigenvalue weighted by molar-refractivity contribution is 6.01. The molecule has 0 spiro atoms. The largest absolute Gasteiger partial charge is 0.379 e. The number of benzene rings is 1. The Balaban J connectivity index is 1.46. The summed E-state index contributed by atoms with van der Waals surface area (Å²) < 4.78 is 7.19. The lowest BCUT2D eigenvalue weighted by Crippen LogP contribution is -2.38. The van der Waals surface area contributed by atoms with Gasteiger partial charge in [0.2, 0.25) is 5.91 Å². The molecule has 1 aliphatic rings. The molecule has 1 amide bonds. The Bertz CT molecular complexity index is 675. The van der Waals surface area contributed by atoms with E-state index in [1.807, 2.05) is 41.2 Å². The van der Waals surface area contributed by atoms with Crippen LogP contribution < -0.4 is 5.32 Å². The van der Waals surface area contributed by atoms with E-state index in [4.69, 9.17) is 4.74 Å². The van der Waals surface area contributed by atoms with Gasteiger partial charge in [0, 0.05) is 31.9 Å². The Morgan fingerprint density at radius 1 is 1.21 bits per heavy atom. The molecule has 2 aromatic rings. The third kappa shape index (κ3) is 5.04. The van der Waals surface area contributed by atoms with Gasteiger partial charge in [0.05, 0.1) is 31.6 Å². The predicted octanol–water partition coefficient (Wildman–Crippen LogP) is 1.87. The summed E-state index contributed by atoms with van der Waals surface area (Å²) >= 11 is 0. The first kappa shape index (κ1) is 16.4. The van der Waals surface area contributed by atoms with Gasteiger partial charge in [-0.05, 0) is 11.6 Å². The number of aromatic nitrogens is 2. The fourth-order valence-corrected chi connectivity index (χ4v) is 2.54. The third-order valence-electron chi connectivity index (χ3n) is 3.88. The fraction of sp³-hybridized carbons (Fsp3) is 0.333. The summed E-state index contributed by atoms with van der Waals surface area (Å²) in [5.74, 6) is -0.161. The van der Waals surface area contributed by atoms with Crippen LogP contribution in [-0.4, -0.2) is 53.4 Å². The zero-order valence-corrected chi connectivity index (χ0v) is 13.6. The number of hydrogen-bond donors (Lipinski definition) is 1. The fourth-order valence-electron chi connectivity index (χ4n) is 2.54. The van der Waals surface area contributed by atoms with Crippen molar-refractivity contribution in [1.82, 2.24) is 14.7 Å². The Kier molecular flexibility index (Phi) is 5.76. The lowest BCUT2D eigenvalue weighted by molar-refractivity contribution is -0.111. The van der Waals surface area contributed by atoms with Crippen molar-refractivity contribution in [3.63, 3.8) is 0 Å². The Labute approximate surface area is 141 Å². The minimum absolute atomic E-state index is 0.161. The number of morpholine rings is 1. The normalized spacial score (nSPS) is 15.7. The van der Waals surface area contributed by atoms with E-state index in [0.29, 0.717) is 5.69 Å². The minimum Gasteiger partial charge on any atom is -0.379 e. The molecule has 24 heavy (non-hydrogen) atoms. The van der Waals surface area contributed by atoms with Crippen molar-refractivity contribution in [3.8, 4) is 0 Å². The lowest BCUT2D eigenvalue weighted by Gasteiger charge is -2.26. The molecule has 6 nitrogen and oxygen atoms in total. The van der Waals surface area contributed by atoms with E-state index < -0.39 is 0 Å². The van der Waals surface area contributed by atoms with Gasteiger partial charge in [-0.15, -0.1) is 0 Å². The smallest absolute Gasteiger partial charge is 0.248 e. The van der Waals surface area contributed by atoms with Crippen molar-refractivity contribution in [2.45, 2.75) is 6.54 Å². The third-order valence-corrected chi connectivity index (χ3v) is 3.88. The average Bonchev–Trinajstić information content (AvgIpc) is 3.07. The van der Waals surface area contributed by atoms with Gasteiger partial charge in [0.1, 0.15) is 0 Å². The standard InChI is InChI=1S/C18H22N4O2/c23-18(7-6-16-4-2-1-3-5-16)20-17-14-19-22(15-17)9-8-21-10-12-24-13-11-21/h1-7,14-15H,8-13H2,(H,20,23)/b7-6-. The topological polar surface area (TPSA) is 59.4 Å². The molecule has 2 heterocycles. The van der Waals surface area contributed by atoms with Crippen molar-refractivity contribution in [2.75, 3.05) is 38.2 Å². The molecule has 0 bridgehead atoms. The summed E-state index contributed by atoms with van der Waals surface area (Å²) in [6, 6.07) is 9.73. The van der Waals surface area contributed by atoms with E-state index >= 15 is 0 Å². The number of ether oxygens (including phenoxy) is 1. The van der Waals surface area contributed by atoms with E-state index in [1.165, 1.54) is 6.08 Å². The molecule has 1 aromatic carbocycles. The van der Waals surface area contributed by atoms with Crippen molar-refractivity contribution in [1.29, 1.82) is 0 Å². The molecule has 0 saturated carbocycles. The molecule has 0 aliphatic carbocycles. The van der Waals surface area contributed by atoms with Gasteiger partial charge >= 0.3 is 0 Å². The number of carbonyl (C=O) groups is 1. The van der Waals surface area contributed by atoms with Gasteiger partial charge < -0.3 is 10.1 Å². The Morgan fingerprint density at radius 2 is 2.00 bits per heavy atom. The second kappa shape index (κ2) is 8.42. The average molecular weight is 326 g/mol. The molecule has 1 fully saturated rings. The van der Waals surface area contributed by atoms with Gasteiger partial charge in [0.15, 0.2) is 0 Å². The zero-order valence-electron chi connectivity index (χ0n) is 13.6. The van der Waals surface area contributed by atoms with Gasteiger partial charge in [-0.1, -0.05) is 30.3 Å². The summed E-state index contributed by atoms with van der Waals surface area (Å²) in [7, 11) is 0. The summed E-state index contributed by atoms with van der Waals surface area (Å²) in [5.41, 5.74) is 1.70. The van der Waals surface area contributed by atoms with Crippen molar-refractivity contribution in [2.24, 2.45) is 0 Å². The molecule has 1 aliphatic heterocycles. The number of rotatable bonds is 6. The highest BCUT2D eigenvalue weighted by atomic mass is 16.5.